The van der Waals surface area contributed by atoms with Crippen LogP contribution in [0.3, 0.4) is 0 Å². The van der Waals surface area contributed by atoms with Crippen molar-refractivity contribution in [1.82, 2.24) is 14.5 Å². The molecule has 0 unspecified atom stereocenters. The third kappa shape index (κ3) is 4.80. The first-order valence-corrected chi connectivity index (χ1v) is 10.8. The quantitative estimate of drug-likeness (QED) is 0.613. The standard InChI is InChI=1S/C25H30N4O2/c1-19-16-24(20(2)29(19)18-22-6-4-5-11-26-22)25(30)27(3)17-21-7-9-23(10-8-21)28-12-14-31-15-13-28/h4-11,16H,12-15,17-18H2,1-3H3. The Balaban J connectivity index is 1.44. The van der Waals surface area contributed by atoms with E-state index >= 15 is 0 Å². The molecule has 6 nitrogen and oxygen atoms in total. The molecule has 1 aliphatic rings. The fourth-order valence-corrected chi connectivity index (χ4v) is 4.10. The fourth-order valence-electron chi connectivity index (χ4n) is 4.10. The first-order valence-electron chi connectivity index (χ1n) is 10.8. The summed E-state index contributed by atoms with van der Waals surface area (Å²) in [6, 6.07) is 16.4. The van der Waals surface area contributed by atoms with Crippen molar-refractivity contribution in [2.75, 3.05) is 38.3 Å². The molecule has 1 saturated heterocycles. The van der Waals surface area contributed by atoms with Crippen LogP contribution in [0.15, 0.2) is 54.7 Å². The molecule has 0 bridgehead atoms. The van der Waals surface area contributed by atoms with Gasteiger partial charge in [-0.3, -0.25) is 9.78 Å². The maximum absolute atomic E-state index is 13.2. The summed E-state index contributed by atoms with van der Waals surface area (Å²) in [6.07, 6.45) is 1.80. The molecule has 1 fully saturated rings. The van der Waals surface area contributed by atoms with Gasteiger partial charge in [-0.2, -0.15) is 0 Å². The molecule has 0 atom stereocenters. The van der Waals surface area contributed by atoms with Crippen molar-refractivity contribution in [3.63, 3.8) is 0 Å². The van der Waals surface area contributed by atoms with Crippen LogP contribution in [0.2, 0.25) is 0 Å². The van der Waals surface area contributed by atoms with E-state index in [4.69, 9.17) is 4.74 Å². The maximum atomic E-state index is 13.2. The molecular formula is C25H30N4O2. The predicted octanol–water partition coefficient (Wildman–Crippen LogP) is 3.66. The van der Waals surface area contributed by atoms with Crippen molar-refractivity contribution in [3.8, 4) is 0 Å². The first kappa shape index (κ1) is 21.1. The van der Waals surface area contributed by atoms with Gasteiger partial charge in [-0.15, -0.1) is 0 Å². The molecule has 0 spiro atoms. The van der Waals surface area contributed by atoms with Gasteiger partial charge in [-0.1, -0.05) is 18.2 Å². The molecule has 3 aromatic rings. The number of carbonyl (C=O) groups excluding carboxylic acids is 1. The van der Waals surface area contributed by atoms with Crippen LogP contribution < -0.4 is 4.90 Å². The van der Waals surface area contributed by atoms with Gasteiger partial charge < -0.3 is 19.1 Å². The maximum Gasteiger partial charge on any atom is 0.255 e. The molecule has 1 aromatic carbocycles. The molecule has 4 rings (SSSR count). The fraction of sp³-hybridized carbons (Fsp3) is 0.360. The summed E-state index contributed by atoms with van der Waals surface area (Å²) in [5.74, 6) is 0.0395. The number of rotatable bonds is 6. The number of anilines is 1. The molecule has 0 aliphatic carbocycles. The van der Waals surface area contributed by atoms with Gasteiger partial charge in [-0.05, 0) is 49.7 Å². The molecule has 2 aromatic heterocycles. The van der Waals surface area contributed by atoms with E-state index in [0.717, 1.165) is 54.5 Å². The number of ether oxygens (including phenoxy) is 1. The summed E-state index contributed by atoms with van der Waals surface area (Å²) >= 11 is 0. The second kappa shape index (κ2) is 9.35. The number of amides is 1. The Morgan fingerprint density at radius 2 is 1.84 bits per heavy atom. The molecule has 1 aliphatic heterocycles. The summed E-state index contributed by atoms with van der Waals surface area (Å²) in [6.45, 7) is 8.68. The Morgan fingerprint density at radius 3 is 2.52 bits per heavy atom. The van der Waals surface area contributed by atoms with Crippen LogP contribution in [0.1, 0.15) is 33.0 Å². The van der Waals surface area contributed by atoms with Crippen LogP contribution >= 0.6 is 0 Å². The topological polar surface area (TPSA) is 50.6 Å². The lowest BCUT2D eigenvalue weighted by molar-refractivity contribution is 0.0784. The van der Waals surface area contributed by atoms with Gasteiger partial charge in [0.05, 0.1) is 31.0 Å². The first-order chi connectivity index (χ1) is 15.0. The Hall–Kier alpha value is -3.12. The van der Waals surface area contributed by atoms with E-state index in [9.17, 15) is 4.79 Å². The Kier molecular flexibility index (Phi) is 6.37. The van der Waals surface area contributed by atoms with Crippen molar-refractivity contribution in [3.05, 3.63) is 82.9 Å². The van der Waals surface area contributed by atoms with Gasteiger partial charge in [-0.25, -0.2) is 0 Å². The largest absolute Gasteiger partial charge is 0.378 e. The van der Waals surface area contributed by atoms with Gasteiger partial charge in [0.15, 0.2) is 0 Å². The average molecular weight is 419 g/mol. The molecule has 0 saturated carbocycles. The van der Waals surface area contributed by atoms with Crippen molar-refractivity contribution in [2.24, 2.45) is 0 Å². The number of aryl methyl sites for hydroxylation is 1. The predicted molar refractivity (Wildman–Crippen MR) is 123 cm³/mol. The zero-order chi connectivity index (χ0) is 21.8. The normalized spacial score (nSPS) is 14.0. The highest BCUT2D eigenvalue weighted by Crippen LogP contribution is 2.21. The summed E-state index contributed by atoms with van der Waals surface area (Å²) in [5.41, 5.74) is 6.10. The molecule has 1 amide bonds. The minimum absolute atomic E-state index is 0.0395. The van der Waals surface area contributed by atoms with E-state index in [2.05, 4.69) is 38.7 Å². The molecule has 0 radical (unpaired) electrons. The Labute approximate surface area is 184 Å². The summed E-state index contributed by atoms with van der Waals surface area (Å²) in [7, 11) is 1.86. The number of hydrogen-bond acceptors (Lipinski definition) is 4. The summed E-state index contributed by atoms with van der Waals surface area (Å²) in [5, 5.41) is 0. The smallest absolute Gasteiger partial charge is 0.255 e. The lowest BCUT2D eigenvalue weighted by atomic mass is 10.1. The lowest BCUT2D eigenvalue weighted by Crippen LogP contribution is -2.36. The van der Waals surface area contributed by atoms with Gasteiger partial charge in [0, 0.05) is 50.0 Å². The Bertz CT molecular complexity index is 1020. The number of aromatic nitrogens is 2. The highest BCUT2D eigenvalue weighted by molar-refractivity contribution is 5.95. The minimum atomic E-state index is 0.0395. The highest BCUT2D eigenvalue weighted by atomic mass is 16.5. The van der Waals surface area contributed by atoms with Crippen molar-refractivity contribution >= 4 is 11.6 Å². The van der Waals surface area contributed by atoms with E-state index in [0.29, 0.717) is 13.1 Å². The average Bonchev–Trinajstić information content (AvgIpc) is 3.08. The number of morpholine rings is 1. The van der Waals surface area contributed by atoms with E-state index in [1.54, 1.807) is 11.1 Å². The minimum Gasteiger partial charge on any atom is -0.378 e. The highest BCUT2D eigenvalue weighted by Gasteiger charge is 2.20. The number of hydrogen-bond donors (Lipinski definition) is 0. The van der Waals surface area contributed by atoms with Crippen molar-refractivity contribution in [1.29, 1.82) is 0 Å². The van der Waals surface area contributed by atoms with Crippen molar-refractivity contribution < 1.29 is 9.53 Å². The van der Waals surface area contributed by atoms with E-state index in [1.165, 1.54) is 5.69 Å². The molecule has 162 valence electrons. The van der Waals surface area contributed by atoms with Crippen LogP contribution in [-0.4, -0.2) is 53.7 Å². The van der Waals surface area contributed by atoms with Crippen LogP contribution in [0, 0.1) is 13.8 Å². The monoisotopic (exact) mass is 418 g/mol. The van der Waals surface area contributed by atoms with Crippen molar-refractivity contribution in [2.45, 2.75) is 26.9 Å². The lowest BCUT2D eigenvalue weighted by Gasteiger charge is -2.29. The summed E-state index contributed by atoms with van der Waals surface area (Å²) in [4.78, 5) is 21.7. The van der Waals surface area contributed by atoms with Crippen LogP contribution in [0.4, 0.5) is 5.69 Å². The zero-order valence-electron chi connectivity index (χ0n) is 18.5. The van der Waals surface area contributed by atoms with Crippen LogP contribution in [0.25, 0.3) is 0 Å². The summed E-state index contributed by atoms with van der Waals surface area (Å²) < 4.78 is 7.58. The second-order valence-electron chi connectivity index (χ2n) is 8.12. The Morgan fingerprint density at radius 1 is 1.10 bits per heavy atom. The van der Waals surface area contributed by atoms with Crippen LogP contribution in [0.5, 0.6) is 0 Å². The van der Waals surface area contributed by atoms with E-state index in [1.807, 2.05) is 45.2 Å². The zero-order valence-corrected chi connectivity index (χ0v) is 18.5. The molecule has 0 N–H and O–H groups in total. The van der Waals surface area contributed by atoms with E-state index < -0.39 is 0 Å². The van der Waals surface area contributed by atoms with E-state index in [-0.39, 0.29) is 5.91 Å². The number of nitrogens with zero attached hydrogens (tertiary/aromatic N) is 4. The molecule has 31 heavy (non-hydrogen) atoms. The van der Waals surface area contributed by atoms with Gasteiger partial charge in [0.1, 0.15) is 0 Å². The number of pyridine rings is 1. The number of carbonyl (C=O) groups is 1. The SMILES string of the molecule is Cc1cc(C(=O)N(C)Cc2ccc(N3CCOCC3)cc2)c(C)n1Cc1ccccn1. The van der Waals surface area contributed by atoms with Gasteiger partial charge >= 0.3 is 0 Å². The third-order valence-corrected chi connectivity index (χ3v) is 5.93. The van der Waals surface area contributed by atoms with Gasteiger partial charge in [0.25, 0.3) is 5.91 Å². The third-order valence-electron chi connectivity index (χ3n) is 5.93. The molecular weight excluding hydrogens is 388 g/mol. The number of benzene rings is 1. The molecule has 3 heterocycles. The van der Waals surface area contributed by atoms with Gasteiger partial charge in [0.2, 0.25) is 0 Å². The molecule has 6 heteroatoms. The second-order valence-corrected chi connectivity index (χ2v) is 8.12. The van der Waals surface area contributed by atoms with Crippen LogP contribution in [-0.2, 0) is 17.8 Å².